The molecule has 26 heavy (non-hydrogen) atoms. The Morgan fingerprint density at radius 2 is 1.85 bits per heavy atom. The first-order valence-electron chi connectivity index (χ1n) is 7.91. The summed E-state index contributed by atoms with van der Waals surface area (Å²) in [5.74, 6) is 0.920. The highest BCUT2D eigenvalue weighted by atomic mass is 19.3. The first-order valence-corrected chi connectivity index (χ1v) is 7.91. The fourth-order valence-electron chi connectivity index (χ4n) is 2.74. The van der Waals surface area contributed by atoms with Gasteiger partial charge in [0.2, 0.25) is 0 Å². The summed E-state index contributed by atoms with van der Waals surface area (Å²) < 4.78 is 32.9. The van der Waals surface area contributed by atoms with Gasteiger partial charge in [0, 0.05) is 24.4 Å². The van der Waals surface area contributed by atoms with Crippen molar-refractivity contribution >= 4 is 11.0 Å². The van der Waals surface area contributed by atoms with E-state index < -0.39 is 6.43 Å². The van der Waals surface area contributed by atoms with Crippen LogP contribution in [0.15, 0.2) is 61.1 Å². The number of aryl methyl sites for hydroxylation is 1. The monoisotopic (exact) mass is 352 g/mol. The van der Waals surface area contributed by atoms with E-state index in [9.17, 15) is 8.78 Å². The van der Waals surface area contributed by atoms with E-state index in [1.165, 1.54) is 18.5 Å². The van der Waals surface area contributed by atoms with Gasteiger partial charge in [-0.25, -0.2) is 23.4 Å². The summed E-state index contributed by atoms with van der Waals surface area (Å²) >= 11 is 0. The van der Waals surface area contributed by atoms with Crippen LogP contribution < -0.4 is 4.74 Å². The molecule has 0 saturated carbocycles. The minimum absolute atomic E-state index is 0.0703. The fraction of sp³-hybridized carbons (Fsp3) is 0.105. The Labute approximate surface area is 147 Å². The van der Waals surface area contributed by atoms with Gasteiger partial charge in [0.05, 0.1) is 5.39 Å². The van der Waals surface area contributed by atoms with Crippen LogP contribution in [0.3, 0.4) is 0 Å². The number of alkyl halides is 2. The smallest absolute Gasteiger partial charge is 0.263 e. The highest BCUT2D eigenvalue weighted by Gasteiger charge is 2.12. The number of hydrogen-bond acceptors (Lipinski definition) is 4. The number of aromatic nitrogens is 4. The Hall–Kier alpha value is -3.35. The molecule has 4 aromatic rings. The lowest BCUT2D eigenvalue weighted by atomic mass is 10.1. The van der Waals surface area contributed by atoms with E-state index in [1.807, 2.05) is 19.2 Å². The predicted molar refractivity (Wildman–Crippen MR) is 93.2 cm³/mol. The predicted octanol–water partition coefficient (Wildman–Crippen LogP) is 4.76. The standard InChI is InChI=1S/C19H14F2N4O/c1-25-19-16(10-22-11-23-19)17(24-25)12-5-7-14(8-6-12)26-15-4-2-3-13(9-15)18(20)21/h2-11,18H,1H3. The van der Waals surface area contributed by atoms with Gasteiger partial charge in [-0.2, -0.15) is 5.10 Å². The second-order valence-corrected chi connectivity index (χ2v) is 5.73. The number of benzene rings is 2. The Kier molecular flexibility index (Phi) is 4.04. The third kappa shape index (κ3) is 2.99. The van der Waals surface area contributed by atoms with E-state index in [1.54, 1.807) is 35.1 Å². The molecular weight excluding hydrogens is 338 g/mol. The van der Waals surface area contributed by atoms with Crippen molar-refractivity contribution in [2.75, 3.05) is 0 Å². The third-order valence-electron chi connectivity index (χ3n) is 3.98. The number of nitrogens with zero attached hydrogens (tertiary/aromatic N) is 4. The second-order valence-electron chi connectivity index (χ2n) is 5.73. The van der Waals surface area contributed by atoms with Crippen LogP contribution in [0.4, 0.5) is 8.78 Å². The minimum atomic E-state index is -2.53. The highest BCUT2D eigenvalue weighted by Crippen LogP contribution is 2.30. The maximum absolute atomic E-state index is 12.8. The molecule has 0 aliphatic heterocycles. The molecule has 4 rings (SSSR count). The summed E-state index contributed by atoms with van der Waals surface area (Å²) in [6.45, 7) is 0. The van der Waals surface area contributed by atoms with Crippen LogP contribution in [0.25, 0.3) is 22.3 Å². The van der Waals surface area contributed by atoms with Gasteiger partial charge >= 0.3 is 0 Å². The molecule has 7 heteroatoms. The molecule has 0 bridgehead atoms. The van der Waals surface area contributed by atoms with Crippen molar-refractivity contribution in [1.29, 1.82) is 0 Å². The maximum Gasteiger partial charge on any atom is 0.263 e. The molecule has 0 radical (unpaired) electrons. The first kappa shape index (κ1) is 16.1. The number of ether oxygens (including phenoxy) is 1. The Balaban J connectivity index is 1.62. The zero-order valence-electron chi connectivity index (χ0n) is 13.8. The van der Waals surface area contributed by atoms with Crippen molar-refractivity contribution in [3.63, 3.8) is 0 Å². The van der Waals surface area contributed by atoms with Crippen molar-refractivity contribution in [2.45, 2.75) is 6.43 Å². The molecule has 2 aromatic heterocycles. The summed E-state index contributed by atoms with van der Waals surface area (Å²) in [4.78, 5) is 8.28. The van der Waals surface area contributed by atoms with Crippen LogP contribution >= 0.6 is 0 Å². The molecule has 0 unspecified atom stereocenters. The lowest BCUT2D eigenvalue weighted by molar-refractivity contribution is 0.151. The summed E-state index contributed by atoms with van der Waals surface area (Å²) in [7, 11) is 1.83. The second kappa shape index (κ2) is 6.51. The number of rotatable bonds is 4. The van der Waals surface area contributed by atoms with Gasteiger partial charge in [0.15, 0.2) is 5.65 Å². The Morgan fingerprint density at radius 3 is 2.62 bits per heavy atom. The van der Waals surface area contributed by atoms with Crippen molar-refractivity contribution in [1.82, 2.24) is 19.7 Å². The van der Waals surface area contributed by atoms with E-state index >= 15 is 0 Å². The van der Waals surface area contributed by atoms with Gasteiger partial charge in [0.25, 0.3) is 6.43 Å². The Morgan fingerprint density at radius 1 is 1.04 bits per heavy atom. The van der Waals surface area contributed by atoms with Crippen LogP contribution in [-0.2, 0) is 7.05 Å². The Bertz CT molecular complexity index is 1060. The molecule has 0 N–H and O–H groups in total. The van der Waals surface area contributed by atoms with Crippen LogP contribution in [-0.4, -0.2) is 19.7 Å². The first-order chi connectivity index (χ1) is 12.6. The van der Waals surface area contributed by atoms with Gasteiger partial charge in [-0.1, -0.05) is 12.1 Å². The highest BCUT2D eigenvalue weighted by molar-refractivity contribution is 5.90. The molecule has 0 saturated heterocycles. The maximum atomic E-state index is 12.8. The van der Waals surface area contributed by atoms with Crippen LogP contribution in [0.2, 0.25) is 0 Å². The zero-order chi connectivity index (χ0) is 18.1. The molecule has 2 heterocycles. The summed E-state index contributed by atoms with van der Waals surface area (Å²) in [5.41, 5.74) is 2.34. The molecule has 0 atom stereocenters. The van der Waals surface area contributed by atoms with Crippen LogP contribution in [0.5, 0.6) is 11.5 Å². The van der Waals surface area contributed by atoms with Gasteiger partial charge in [-0.3, -0.25) is 0 Å². The zero-order valence-corrected chi connectivity index (χ0v) is 13.8. The summed E-state index contributed by atoms with van der Waals surface area (Å²) in [5, 5.41) is 5.35. The van der Waals surface area contributed by atoms with Crippen molar-refractivity contribution < 1.29 is 13.5 Å². The molecule has 5 nitrogen and oxygen atoms in total. The van der Waals surface area contributed by atoms with Gasteiger partial charge in [-0.05, 0) is 36.4 Å². The van der Waals surface area contributed by atoms with E-state index in [0.717, 1.165) is 22.3 Å². The summed E-state index contributed by atoms with van der Waals surface area (Å²) in [6, 6.07) is 13.2. The van der Waals surface area contributed by atoms with Crippen molar-refractivity contribution in [3.05, 3.63) is 66.6 Å². The molecule has 0 fully saturated rings. The lowest BCUT2D eigenvalue weighted by Crippen LogP contribution is -1.91. The van der Waals surface area contributed by atoms with Crippen molar-refractivity contribution in [2.24, 2.45) is 7.05 Å². The van der Waals surface area contributed by atoms with E-state index in [-0.39, 0.29) is 5.56 Å². The SMILES string of the molecule is Cn1nc(-c2ccc(Oc3cccc(C(F)F)c3)cc2)c2cncnc21. The molecule has 130 valence electrons. The molecule has 2 aromatic carbocycles. The van der Waals surface area contributed by atoms with Crippen LogP contribution in [0.1, 0.15) is 12.0 Å². The fourth-order valence-corrected chi connectivity index (χ4v) is 2.74. The van der Waals surface area contributed by atoms with Gasteiger partial charge < -0.3 is 4.74 Å². The largest absolute Gasteiger partial charge is 0.457 e. The normalized spacial score (nSPS) is 11.2. The summed E-state index contributed by atoms with van der Waals surface area (Å²) in [6.07, 6.45) is 0.684. The topological polar surface area (TPSA) is 52.8 Å². The molecule has 0 spiro atoms. The molecule has 0 aliphatic carbocycles. The number of halogens is 2. The van der Waals surface area contributed by atoms with E-state index in [2.05, 4.69) is 15.1 Å². The van der Waals surface area contributed by atoms with E-state index in [0.29, 0.717) is 11.5 Å². The van der Waals surface area contributed by atoms with E-state index in [4.69, 9.17) is 4.74 Å². The average molecular weight is 352 g/mol. The van der Waals surface area contributed by atoms with Gasteiger partial charge in [-0.15, -0.1) is 0 Å². The molecule has 0 aliphatic rings. The van der Waals surface area contributed by atoms with Gasteiger partial charge in [0.1, 0.15) is 23.5 Å². The molecule has 0 amide bonds. The molecular formula is C19H14F2N4O. The minimum Gasteiger partial charge on any atom is -0.457 e. The van der Waals surface area contributed by atoms with Crippen LogP contribution in [0, 0.1) is 0 Å². The average Bonchev–Trinajstić information content (AvgIpc) is 3.00. The number of fused-ring (bicyclic) bond motifs is 1. The quantitative estimate of drug-likeness (QED) is 0.531. The number of hydrogen-bond donors (Lipinski definition) is 0. The lowest BCUT2D eigenvalue weighted by Gasteiger charge is -2.08. The van der Waals surface area contributed by atoms with Crippen molar-refractivity contribution in [3.8, 4) is 22.8 Å². The third-order valence-corrected chi connectivity index (χ3v) is 3.98.